The van der Waals surface area contributed by atoms with E-state index < -0.39 is 35.2 Å². The zero-order valence-corrected chi connectivity index (χ0v) is 17.1. The number of carboxylic acids is 1. The average molecular weight is 482 g/mol. The summed E-state index contributed by atoms with van der Waals surface area (Å²) in [4.78, 5) is 10.9. The highest BCUT2D eigenvalue weighted by atomic mass is 35.5. The molecule has 0 aliphatic rings. The van der Waals surface area contributed by atoms with Crippen LogP contribution in [0.25, 0.3) is 16.7 Å². The lowest BCUT2D eigenvalue weighted by Gasteiger charge is -2.13. The first-order valence-electron chi connectivity index (χ1n) is 9.17. The maximum absolute atomic E-state index is 14.0. The van der Waals surface area contributed by atoms with E-state index in [1.54, 1.807) is 24.3 Å². The Morgan fingerprint density at radius 3 is 2.55 bits per heavy atom. The van der Waals surface area contributed by atoms with Gasteiger partial charge in [-0.25, -0.2) is 13.9 Å². The van der Waals surface area contributed by atoms with E-state index in [1.165, 1.54) is 22.9 Å². The summed E-state index contributed by atoms with van der Waals surface area (Å²) < 4.78 is 65.0. The molecule has 1 N–H and O–H groups in total. The molecule has 0 bridgehead atoms. The largest absolute Gasteiger partial charge is 0.480 e. The molecule has 0 saturated heterocycles. The van der Waals surface area contributed by atoms with Crippen molar-refractivity contribution in [3.05, 3.63) is 71.0 Å². The van der Waals surface area contributed by atoms with Gasteiger partial charge in [-0.1, -0.05) is 28.9 Å². The highest BCUT2D eigenvalue weighted by Crippen LogP contribution is 2.39. The number of aliphatic carboxylic acids is 1. The number of para-hydroxylation sites is 2. The van der Waals surface area contributed by atoms with Crippen LogP contribution >= 0.6 is 11.6 Å². The molecule has 4 aromatic rings. The maximum atomic E-state index is 14.0. The molecule has 3 aromatic carbocycles. The van der Waals surface area contributed by atoms with Crippen LogP contribution in [0.2, 0.25) is 5.02 Å². The molecule has 0 atom stereocenters. The molecule has 4 rings (SSSR count). The van der Waals surface area contributed by atoms with Crippen molar-refractivity contribution in [2.75, 3.05) is 6.61 Å². The highest BCUT2D eigenvalue weighted by Gasteiger charge is 2.37. The molecule has 0 saturated carbocycles. The fourth-order valence-corrected chi connectivity index (χ4v) is 3.35. The molecule has 7 nitrogen and oxygen atoms in total. The van der Waals surface area contributed by atoms with Gasteiger partial charge in [0.1, 0.15) is 39.8 Å². The molecule has 1 heterocycles. The number of ether oxygens (including phenoxy) is 2. The summed E-state index contributed by atoms with van der Waals surface area (Å²) in [5.41, 5.74) is -0.335. The van der Waals surface area contributed by atoms with Gasteiger partial charge in [0.05, 0.1) is 10.5 Å². The standard InChI is InChI=1S/C21H12ClF4N3O4/c22-13-7-12(8-14(23)20(13)21(24,25)26)33-11-5-6-15-17(9-11)29(28-27-15)16-3-1-2-4-18(16)32-10-19(30)31/h1-9H,10H2,(H,30,31). The van der Waals surface area contributed by atoms with E-state index in [4.69, 9.17) is 26.2 Å². The van der Waals surface area contributed by atoms with E-state index in [9.17, 15) is 22.4 Å². The molecule has 0 amide bonds. The number of rotatable bonds is 6. The van der Waals surface area contributed by atoms with E-state index in [-0.39, 0.29) is 17.2 Å². The fraction of sp³-hybridized carbons (Fsp3) is 0.0952. The van der Waals surface area contributed by atoms with Gasteiger partial charge in [0.25, 0.3) is 0 Å². The average Bonchev–Trinajstić information content (AvgIpc) is 3.14. The van der Waals surface area contributed by atoms with Crippen LogP contribution < -0.4 is 9.47 Å². The van der Waals surface area contributed by atoms with Crippen molar-refractivity contribution in [1.29, 1.82) is 0 Å². The smallest absolute Gasteiger partial charge is 0.420 e. The number of nitrogens with zero attached hydrogens (tertiary/aromatic N) is 3. The monoisotopic (exact) mass is 481 g/mol. The van der Waals surface area contributed by atoms with Crippen LogP contribution in [0.4, 0.5) is 17.6 Å². The van der Waals surface area contributed by atoms with Gasteiger partial charge < -0.3 is 14.6 Å². The van der Waals surface area contributed by atoms with Gasteiger partial charge in [0.2, 0.25) is 0 Å². The molecular formula is C21H12ClF4N3O4. The number of fused-ring (bicyclic) bond motifs is 1. The summed E-state index contributed by atoms with van der Waals surface area (Å²) in [7, 11) is 0. The summed E-state index contributed by atoms with van der Waals surface area (Å²) in [6.07, 6.45) is -4.95. The lowest BCUT2D eigenvalue weighted by atomic mass is 10.2. The second kappa shape index (κ2) is 8.58. The predicted octanol–water partition coefficient (Wildman–Crippen LogP) is 5.49. The van der Waals surface area contributed by atoms with Gasteiger partial charge in [0.15, 0.2) is 6.61 Å². The lowest BCUT2D eigenvalue weighted by Crippen LogP contribution is -2.11. The third-order valence-electron chi connectivity index (χ3n) is 4.40. The van der Waals surface area contributed by atoms with Crippen molar-refractivity contribution in [1.82, 2.24) is 15.0 Å². The van der Waals surface area contributed by atoms with Gasteiger partial charge in [-0.15, -0.1) is 5.10 Å². The second-order valence-electron chi connectivity index (χ2n) is 6.66. The molecule has 0 unspecified atom stereocenters. The Hall–Kier alpha value is -3.86. The Labute approximate surface area is 187 Å². The molecular weight excluding hydrogens is 470 g/mol. The molecule has 0 fully saturated rings. The highest BCUT2D eigenvalue weighted by molar-refractivity contribution is 6.31. The van der Waals surface area contributed by atoms with Crippen molar-refractivity contribution in [2.45, 2.75) is 6.18 Å². The minimum atomic E-state index is -4.95. The molecule has 33 heavy (non-hydrogen) atoms. The number of hydrogen-bond donors (Lipinski definition) is 1. The summed E-state index contributed by atoms with van der Waals surface area (Å²) in [6, 6.07) is 12.5. The van der Waals surface area contributed by atoms with E-state index in [1.807, 2.05) is 0 Å². The number of benzene rings is 3. The lowest BCUT2D eigenvalue weighted by molar-refractivity contribution is -0.140. The summed E-state index contributed by atoms with van der Waals surface area (Å²) in [6.45, 7) is -0.571. The van der Waals surface area contributed by atoms with Crippen molar-refractivity contribution in [3.8, 4) is 22.9 Å². The van der Waals surface area contributed by atoms with E-state index in [0.717, 1.165) is 6.07 Å². The molecule has 12 heteroatoms. The molecule has 0 aliphatic heterocycles. The van der Waals surface area contributed by atoms with Crippen LogP contribution in [-0.4, -0.2) is 32.7 Å². The first-order chi connectivity index (χ1) is 15.6. The minimum Gasteiger partial charge on any atom is -0.480 e. The Kier molecular flexibility index (Phi) is 5.81. The number of halogens is 5. The summed E-state index contributed by atoms with van der Waals surface area (Å²) in [5, 5.41) is 16.1. The first kappa shape index (κ1) is 22.3. The number of aromatic nitrogens is 3. The number of hydrogen-bond acceptors (Lipinski definition) is 5. The fourth-order valence-electron chi connectivity index (χ4n) is 3.05. The van der Waals surface area contributed by atoms with Gasteiger partial charge >= 0.3 is 12.1 Å². The quantitative estimate of drug-likeness (QED) is 0.367. The Morgan fingerprint density at radius 2 is 1.85 bits per heavy atom. The third kappa shape index (κ3) is 4.67. The molecule has 0 radical (unpaired) electrons. The number of carboxylic acid groups (broad SMARTS) is 1. The normalized spacial score (nSPS) is 11.5. The van der Waals surface area contributed by atoms with Gasteiger partial charge in [-0.05, 0) is 24.3 Å². The maximum Gasteiger partial charge on any atom is 0.420 e. The van der Waals surface area contributed by atoms with Crippen LogP contribution in [0.3, 0.4) is 0 Å². The Morgan fingerprint density at radius 1 is 1.09 bits per heavy atom. The van der Waals surface area contributed by atoms with E-state index in [0.29, 0.717) is 22.8 Å². The summed E-state index contributed by atoms with van der Waals surface area (Å²) in [5.74, 6) is -2.59. The van der Waals surface area contributed by atoms with Crippen LogP contribution in [0, 0.1) is 5.82 Å². The predicted molar refractivity (Wildman–Crippen MR) is 108 cm³/mol. The van der Waals surface area contributed by atoms with Crippen molar-refractivity contribution in [3.63, 3.8) is 0 Å². The van der Waals surface area contributed by atoms with E-state index >= 15 is 0 Å². The minimum absolute atomic E-state index is 0.144. The van der Waals surface area contributed by atoms with E-state index in [2.05, 4.69) is 10.3 Å². The van der Waals surface area contributed by atoms with Crippen molar-refractivity contribution < 1.29 is 36.9 Å². The molecule has 0 spiro atoms. The third-order valence-corrected chi connectivity index (χ3v) is 4.69. The topological polar surface area (TPSA) is 86.5 Å². The molecule has 0 aliphatic carbocycles. The zero-order valence-electron chi connectivity index (χ0n) is 16.3. The van der Waals surface area contributed by atoms with Gasteiger partial charge in [-0.3, -0.25) is 0 Å². The first-order valence-corrected chi connectivity index (χ1v) is 9.55. The van der Waals surface area contributed by atoms with Crippen LogP contribution in [-0.2, 0) is 11.0 Å². The van der Waals surface area contributed by atoms with Crippen LogP contribution in [0.1, 0.15) is 5.56 Å². The Balaban J connectivity index is 1.70. The molecule has 170 valence electrons. The summed E-state index contributed by atoms with van der Waals surface area (Å²) >= 11 is 5.62. The van der Waals surface area contributed by atoms with Crippen molar-refractivity contribution >= 4 is 28.6 Å². The Bertz CT molecular complexity index is 1330. The van der Waals surface area contributed by atoms with Crippen LogP contribution in [0.15, 0.2) is 54.6 Å². The second-order valence-corrected chi connectivity index (χ2v) is 7.07. The molecule has 1 aromatic heterocycles. The number of carbonyl (C=O) groups is 1. The number of alkyl halides is 3. The SMILES string of the molecule is O=C(O)COc1ccccc1-n1nnc2ccc(Oc3cc(F)c(C(F)(F)F)c(Cl)c3)cc21. The van der Waals surface area contributed by atoms with Gasteiger partial charge in [-0.2, -0.15) is 13.2 Å². The van der Waals surface area contributed by atoms with Crippen molar-refractivity contribution in [2.24, 2.45) is 0 Å². The van der Waals surface area contributed by atoms with Gasteiger partial charge in [0, 0.05) is 18.2 Å². The zero-order chi connectivity index (χ0) is 23.8. The van der Waals surface area contributed by atoms with Crippen LogP contribution in [0.5, 0.6) is 17.2 Å².